The number of hydrogen-bond donors (Lipinski definition) is 3. The molecule has 0 saturated heterocycles. The van der Waals surface area contributed by atoms with E-state index in [2.05, 4.69) is 10.6 Å². The Morgan fingerprint density at radius 3 is 2.12 bits per heavy atom. The Kier molecular flexibility index (Phi) is 8.25. The van der Waals surface area contributed by atoms with Gasteiger partial charge in [-0.1, -0.05) is 48.5 Å². The molecule has 2 unspecified atom stereocenters. The van der Waals surface area contributed by atoms with Crippen LogP contribution in [0.15, 0.2) is 48.5 Å². The molecule has 2 aromatic rings. The standard InChI is InChI=1S/C25H30N2O7/c1-25(15-33-3,23(30)26-21(22(28)29)12-13-32-2)27-24(31)34-14-20-18-10-6-4-8-16(18)17-9-5-7-11-19(17)20/h4-11,20-21H,12-15H2,1-3H3,(H,26,30)(H,27,31)(H,28,29). The molecule has 0 heterocycles. The zero-order valence-electron chi connectivity index (χ0n) is 19.5. The summed E-state index contributed by atoms with van der Waals surface area (Å²) in [6.07, 6.45) is -0.730. The zero-order chi connectivity index (χ0) is 24.7. The maximum atomic E-state index is 12.9. The summed E-state index contributed by atoms with van der Waals surface area (Å²) in [4.78, 5) is 37.1. The molecule has 0 bridgehead atoms. The van der Waals surface area contributed by atoms with Crippen molar-refractivity contribution in [1.29, 1.82) is 0 Å². The van der Waals surface area contributed by atoms with E-state index in [4.69, 9.17) is 14.2 Å². The second-order valence-electron chi connectivity index (χ2n) is 8.36. The molecule has 2 atom stereocenters. The second-order valence-corrected chi connectivity index (χ2v) is 8.36. The summed E-state index contributed by atoms with van der Waals surface area (Å²) >= 11 is 0. The third kappa shape index (κ3) is 5.55. The van der Waals surface area contributed by atoms with Gasteiger partial charge in [0.1, 0.15) is 18.2 Å². The number of carbonyl (C=O) groups excluding carboxylic acids is 2. The van der Waals surface area contributed by atoms with E-state index in [0.717, 1.165) is 22.3 Å². The van der Waals surface area contributed by atoms with Crippen LogP contribution in [0.4, 0.5) is 4.79 Å². The Morgan fingerprint density at radius 1 is 1.00 bits per heavy atom. The van der Waals surface area contributed by atoms with Gasteiger partial charge in [-0.2, -0.15) is 0 Å². The van der Waals surface area contributed by atoms with E-state index in [9.17, 15) is 19.5 Å². The van der Waals surface area contributed by atoms with Crippen LogP contribution in [0.5, 0.6) is 0 Å². The molecule has 0 spiro atoms. The first-order valence-corrected chi connectivity index (χ1v) is 11.0. The lowest BCUT2D eigenvalue weighted by molar-refractivity contribution is -0.143. The first-order chi connectivity index (χ1) is 16.3. The average molecular weight is 471 g/mol. The topological polar surface area (TPSA) is 123 Å². The predicted molar refractivity (Wildman–Crippen MR) is 125 cm³/mol. The number of benzene rings is 2. The molecule has 2 amide bonds. The molecule has 1 aliphatic carbocycles. The summed E-state index contributed by atoms with van der Waals surface area (Å²) in [6.45, 7) is 1.50. The van der Waals surface area contributed by atoms with Crippen LogP contribution in [0.3, 0.4) is 0 Å². The number of carboxylic acids is 1. The number of alkyl carbamates (subject to hydrolysis) is 1. The van der Waals surface area contributed by atoms with E-state index in [0.29, 0.717) is 0 Å². The predicted octanol–water partition coefficient (Wildman–Crippen LogP) is 2.54. The Bertz CT molecular complexity index is 996. The number of methoxy groups -OCH3 is 2. The van der Waals surface area contributed by atoms with Crippen molar-refractivity contribution in [2.45, 2.75) is 30.8 Å². The summed E-state index contributed by atoms with van der Waals surface area (Å²) in [6, 6.07) is 14.8. The number of amides is 2. The minimum atomic E-state index is -1.54. The van der Waals surface area contributed by atoms with Gasteiger partial charge in [-0.3, -0.25) is 4.79 Å². The van der Waals surface area contributed by atoms with Crippen LogP contribution in [0.1, 0.15) is 30.4 Å². The molecule has 0 aliphatic heterocycles. The lowest BCUT2D eigenvalue weighted by atomic mass is 9.98. The van der Waals surface area contributed by atoms with E-state index in [1.54, 1.807) is 0 Å². The van der Waals surface area contributed by atoms with E-state index in [-0.39, 0.29) is 32.2 Å². The van der Waals surface area contributed by atoms with Crippen molar-refractivity contribution >= 4 is 18.0 Å². The molecule has 2 aromatic carbocycles. The molecular weight excluding hydrogens is 440 g/mol. The monoisotopic (exact) mass is 470 g/mol. The number of ether oxygens (including phenoxy) is 3. The zero-order valence-corrected chi connectivity index (χ0v) is 19.5. The van der Waals surface area contributed by atoms with Gasteiger partial charge in [0.05, 0.1) is 6.61 Å². The van der Waals surface area contributed by atoms with Gasteiger partial charge in [0, 0.05) is 33.2 Å². The first kappa shape index (κ1) is 25.2. The van der Waals surface area contributed by atoms with Crippen LogP contribution in [0.2, 0.25) is 0 Å². The van der Waals surface area contributed by atoms with Crippen LogP contribution < -0.4 is 10.6 Å². The van der Waals surface area contributed by atoms with E-state index in [1.807, 2.05) is 48.5 Å². The molecule has 0 aromatic heterocycles. The summed E-state index contributed by atoms with van der Waals surface area (Å²) in [5.41, 5.74) is 2.79. The largest absolute Gasteiger partial charge is 0.480 e. The SMILES string of the molecule is COCCC(NC(=O)C(C)(COC)NC(=O)OCC1c2ccccc2-c2ccccc21)C(=O)O. The van der Waals surface area contributed by atoms with Gasteiger partial charge in [0.25, 0.3) is 0 Å². The van der Waals surface area contributed by atoms with Crippen LogP contribution in [-0.2, 0) is 23.8 Å². The normalized spacial score (nSPS) is 14.9. The average Bonchev–Trinajstić information content (AvgIpc) is 3.14. The maximum Gasteiger partial charge on any atom is 0.408 e. The van der Waals surface area contributed by atoms with Crippen molar-refractivity contribution in [3.8, 4) is 11.1 Å². The Hall–Kier alpha value is -3.43. The van der Waals surface area contributed by atoms with Gasteiger partial charge >= 0.3 is 12.1 Å². The lowest BCUT2D eigenvalue weighted by Crippen LogP contribution is -2.62. The van der Waals surface area contributed by atoms with Gasteiger partial charge in [0.15, 0.2) is 0 Å². The first-order valence-electron chi connectivity index (χ1n) is 11.0. The number of carboxylic acid groups (broad SMARTS) is 1. The Labute approximate surface area is 198 Å². The highest BCUT2D eigenvalue weighted by molar-refractivity contribution is 5.92. The molecule has 182 valence electrons. The fraction of sp³-hybridized carbons (Fsp3) is 0.400. The fourth-order valence-electron chi connectivity index (χ4n) is 4.12. The Balaban J connectivity index is 1.68. The van der Waals surface area contributed by atoms with Crippen LogP contribution in [-0.4, -0.2) is 68.7 Å². The highest BCUT2D eigenvalue weighted by atomic mass is 16.5. The third-order valence-corrected chi connectivity index (χ3v) is 5.87. The molecule has 3 rings (SSSR count). The van der Waals surface area contributed by atoms with E-state index >= 15 is 0 Å². The number of nitrogens with one attached hydrogen (secondary N) is 2. The number of fused-ring (bicyclic) bond motifs is 3. The molecule has 0 radical (unpaired) electrons. The van der Waals surface area contributed by atoms with E-state index in [1.165, 1.54) is 21.1 Å². The Morgan fingerprint density at radius 2 is 1.59 bits per heavy atom. The fourth-order valence-corrected chi connectivity index (χ4v) is 4.12. The molecule has 3 N–H and O–H groups in total. The molecule has 9 nitrogen and oxygen atoms in total. The molecular formula is C25H30N2O7. The molecule has 0 fully saturated rings. The van der Waals surface area contributed by atoms with Gasteiger partial charge in [-0.25, -0.2) is 9.59 Å². The van der Waals surface area contributed by atoms with Crippen LogP contribution >= 0.6 is 0 Å². The van der Waals surface area contributed by atoms with Crippen LogP contribution in [0, 0.1) is 0 Å². The quantitative estimate of drug-likeness (QED) is 0.461. The molecule has 9 heteroatoms. The summed E-state index contributed by atoms with van der Waals surface area (Å²) in [7, 11) is 2.82. The van der Waals surface area contributed by atoms with Gasteiger partial charge in [-0.15, -0.1) is 0 Å². The number of carbonyl (C=O) groups is 3. The smallest absolute Gasteiger partial charge is 0.408 e. The van der Waals surface area contributed by atoms with E-state index < -0.39 is 29.6 Å². The van der Waals surface area contributed by atoms with Gasteiger partial charge in [-0.05, 0) is 29.2 Å². The summed E-state index contributed by atoms with van der Waals surface area (Å²) in [5, 5.41) is 14.4. The van der Waals surface area contributed by atoms with Gasteiger partial charge < -0.3 is 30.0 Å². The number of aliphatic carboxylic acids is 1. The minimum Gasteiger partial charge on any atom is -0.480 e. The highest BCUT2D eigenvalue weighted by Gasteiger charge is 2.38. The number of hydrogen-bond acceptors (Lipinski definition) is 6. The molecule has 0 saturated carbocycles. The van der Waals surface area contributed by atoms with Crippen LogP contribution in [0.25, 0.3) is 11.1 Å². The third-order valence-electron chi connectivity index (χ3n) is 5.87. The molecule has 1 aliphatic rings. The minimum absolute atomic E-state index is 0.0750. The lowest BCUT2D eigenvalue weighted by Gasteiger charge is -2.30. The van der Waals surface area contributed by atoms with Crippen molar-refractivity contribution < 1.29 is 33.7 Å². The molecule has 34 heavy (non-hydrogen) atoms. The van der Waals surface area contributed by atoms with Gasteiger partial charge in [0.2, 0.25) is 5.91 Å². The number of rotatable bonds is 11. The maximum absolute atomic E-state index is 12.9. The van der Waals surface area contributed by atoms with Crippen molar-refractivity contribution in [2.24, 2.45) is 0 Å². The van der Waals surface area contributed by atoms with Crippen molar-refractivity contribution in [1.82, 2.24) is 10.6 Å². The van der Waals surface area contributed by atoms with Crippen molar-refractivity contribution in [3.63, 3.8) is 0 Å². The van der Waals surface area contributed by atoms with Crippen molar-refractivity contribution in [2.75, 3.05) is 34.0 Å². The highest BCUT2D eigenvalue weighted by Crippen LogP contribution is 2.44. The summed E-state index contributed by atoms with van der Waals surface area (Å²) < 4.78 is 15.6. The summed E-state index contributed by atoms with van der Waals surface area (Å²) in [5.74, 6) is -2.04. The van der Waals surface area contributed by atoms with Crippen molar-refractivity contribution in [3.05, 3.63) is 59.7 Å². The second kappa shape index (κ2) is 11.1.